The predicted octanol–water partition coefficient (Wildman–Crippen LogP) is 0.680. The van der Waals surface area contributed by atoms with Gasteiger partial charge >= 0.3 is 0 Å². The standard InChI is InChI=1S/C14H13FN6O2/c1-21-7-17-11(12(22)13(21)18-16)14-20-19-10(23-14)6-8-2-4-9(15)5-3-8/h2-5,7,22H,6,16H2,1H3. The van der Waals surface area contributed by atoms with E-state index in [1.165, 1.54) is 23.0 Å². The number of rotatable bonds is 3. The first-order valence-corrected chi connectivity index (χ1v) is 6.64. The van der Waals surface area contributed by atoms with Gasteiger partial charge in [0.05, 0.1) is 12.7 Å². The highest BCUT2D eigenvalue weighted by Gasteiger charge is 2.17. The van der Waals surface area contributed by atoms with Gasteiger partial charge in [0.2, 0.25) is 5.89 Å². The molecule has 2 heterocycles. The average molecular weight is 316 g/mol. The normalized spacial score (nSPS) is 11.8. The summed E-state index contributed by atoms with van der Waals surface area (Å²) in [5.74, 6) is 5.03. The highest BCUT2D eigenvalue weighted by Crippen LogP contribution is 2.22. The van der Waals surface area contributed by atoms with Crippen LogP contribution in [0.25, 0.3) is 11.6 Å². The minimum atomic E-state index is -0.315. The number of aromatic nitrogens is 4. The van der Waals surface area contributed by atoms with E-state index in [-0.39, 0.29) is 28.6 Å². The van der Waals surface area contributed by atoms with E-state index >= 15 is 0 Å². The Morgan fingerprint density at radius 3 is 2.74 bits per heavy atom. The number of benzene rings is 1. The lowest BCUT2D eigenvalue weighted by atomic mass is 10.1. The van der Waals surface area contributed by atoms with Gasteiger partial charge in [-0.15, -0.1) is 10.2 Å². The Balaban J connectivity index is 1.92. The number of aryl methyl sites for hydroxylation is 1. The van der Waals surface area contributed by atoms with Crippen molar-refractivity contribution in [3.05, 3.63) is 53.4 Å². The zero-order valence-corrected chi connectivity index (χ0v) is 12.1. The number of aromatic hydroxyl groups is 1. The molecule has 2 aromatic heterocycles. The first-order chi connectivity index (χ1) is 11.1. The van der Waals surface area contributed by atoms with Crippen LogP contribution in [0.1, 0.15) is 11.5 Å². The fourth-order valence-electron chi connectivity index (χ4n) is 2.04. The Kier molecular flexibility index (Phi) is 3.75. The van der Waals surface area contributed by atoms with E-state index in [9.17, 15) is 9.50 Å². The molecular weight excluding hydrogens is 303 g/mol. The van der Waals surface area contributed by atoms with Gasteiger partial charge in [-0.1, -0.05) is 12.1 Å². The molecule has 3 N–H and O–H groups in total. The summed E-state index contributed by atoms with van der Waals surface area (Å²) in [6.45, 7) is 0. The maximum absolute atomic E-state index is 12.9. The average Bonchev–Trinajstić information content (AvgIpc) is 2.98. The molecule has 118 valence electrons. The number of nitrogens with zero attached hydrogens (tertiary/aromatic N) is 5. The van der Waals surface area contributed by atoms with Gasteiger partial charge in [0.25, 0.3) is 5.89 Å². The number of halogens is 1. The van der Waals surface area contributed by atoms with Gasteiger partial charge in [-0.2, -0.15) is 5.10 Å². The Morgan fingerprint density at radius 1 is 1.30 bits per heavy atom. The monoisotopic (exact) mass is 316 g/mol. The topological polar surface area (TPSA) is 115 Å². The van der Waals surface area contributed by atoms with Crippen LogP contribution in [0.2, 0.25) is 0 Å². The highest BCUT2D eigenvalue weighted by molar-refractivity contribution is 5.54. The quantitative estimate of drug-likeness (QED) is 0.542. The third-order valence-corrected chi connectivity index (χ3v) is 3.19. The largest absolute Gasteiger partial charge is 0.503 e. The molecule has 3 rings (SSSR count). The van der Waals surface area contributed by atoms with E-state index in [1.807, 2.05) is 0 Å². The molecule has 0 aliphatic carbocycles. The molecule has 0 saturated heterocycles. The summed E-state index contributed by atoms with van der Waals surface area (Å²) in [6, 6.07) is 5.96. The zero-order chi connectivity index (χ0) is 16.4. The van der Waals surface area contributed by atoms with Crippen LogP contribution in [0.15, 0.2) is 40.1 Å². The van der Waals surface area contributed by atoms with Gasteiger partial charge in [-0.25, -0.2) is 9.37 Å². The van der Waals surface area contributed by atoms with E-state index in [1.54, 1.807) is 19.2 Å². The van der Waals surface area contributed by atoms with Crippen LogP contribution >= 0.6 is 0 Å². The van der Waals surface area contributed by atoms with Crippen molar-refractivity contribution in [1.29, 1.82) is 0 Å². The Morgan fingerprint density at radius 2 is 2.04 bits per heavy atom. The molecule has 0 radical (unpaired) electrons. The van der Waals surface area contributed by atoms with Crippen molar-refractivity contribution in [2.24, 2.45) is 18.0 Å². The maximum atomic E-state index is 12.9. The Bertz CT molecular complexity index is 900. The van der Waals surface area contributed by atoms with Crippen LogP contribution in [0.4, 0.5) is 4.39 Å². The molecule has 8 nitrogen and oxygen atoms in total. The molecule has 23 heavy (non-hydrogen) atoms. The summed E-state index contributed by atoms with van der Waals surface area (Å²) in [5.41, 5.74) is 1.04. The number of hydrogen-bond acceptors (Lipinski definition) is 7. The summed E-state index contributed by atoms with van der Waals surface area (Å²) in [7, 11) is 1.63. The second kappa shape index (κ2) is 5.87. The summed E-state index contributed by atoms with van der Waals surface area (Å²) in [4.78, 5) is 4.04. The molecule has 0 bridgehead atoms. The summed E-state index contributed by atoms with van der Waals surface area (Å²) in [5, 5.41) is 21.4. The van der Waals surface area contributed by atoms with E-state index in [0.29, 0.717) is 12.3 Å². The smallest absolute Gasteiger partial charge is 0.270 e. The van der Waals surface area contributed by atoms with Crippen LogP contribution in [-0.2, 0) is 13.5 Å². The third-order valence-electron chi connectivity index (χ3n) is 3.19. The van der Waals surface area contributed by atoms with Crippen molar-refractivity contribution >= 4 is 0 Å². The second-order valence-electron chi connectivity index (χ2n) is 4.81. The molecule has 1 aromatic carbocycles. The van der Waals surface area contributed by atoms with Gasteiger partial charge in [0.1, 0.15) is 5.82 Å². The summed E-state index contributed by atoms with van der Waals surface area (Å²) < 4.78 is 19.8. The predicted molar refractivity (Wildman–Crippen MR) is 77.1 cm³/mol. The van der Waals surface area contributed by atoms with Crippen LogP contribution in [0.3, 0.4) is 0 Å². The van der Waals surface area contributed by atoms with Gasteiger partial charge in [0.15, 0.2) is 16.9 Å². The lowest BCUT2D eigenvalue weighted by molar-refractivity contribution is 0.448. The molecule has 0 fully saturated rings. The van der Waals surface area contributed by atoms with E-state index < -0.39 is 0 Å². The maximum Gasteiger partial charge on any atom is 0.270 e. The first kappa shape index (κ1) is 14.7. The molecule has 0 atom stereocenters. The highest BCUT2D eigenvalue weighted by atomic mass is 19.1. The molecular formula is C14H13FN6O2. The lowest BCUT2D eigenvalue weighted by Gasteiger charge is -2.03. The molecule has 0 aliphatic heterocycles. The second-order valence-corrected chi connectivity index (χ2v) is 4.81. The lowest BCUT2D eigenvalue weighted by Crippen LogP contribution is -2.21. The van der Waals surface area contributed by atoms with Crippen LogP contribution in [0.5, 0.6) is 5.75 Å². The SMILES string of the molecule is Cn1cnc(-c2nnc(Cc3ccc(F)cc3)o2)c(O)c1=NN. The van der Waals surface area contributed by atoms with E-state index in [0.717, 1.165) is 5.56 Å². The van der Waals surface area contributed by atoms with Gasteiger partial charge in [-0.05, 0) is 17.7 Å². The molecule has 0 spiro atoms. The van der Waals surface area contributed by atoms with Crippen molar-refractivity contribution in [1.82, 2.24) is 19.7 Å². The number of nitrogens with two attached hydrogens (primary N) is 1. The van der Waals surface area contributed by atoms with Crippen molar-refractivity contribution in [2.75, 3.05) is 0 Å². The molecule has 0 amide bonds. The Labute approximate surface area is 129 Å². The van der Waals surface area contributed by atoms with Crippen molar-refractivity contribution in [3.8, 4) is 17.3 Å². The molecule has 0 unspecified atom stereocenters. The van der Waals surface area contributed by atoms with E-state index in [4.69, 9.17) is 10.3 Å². The molecule has 0 aliphatic rings. The Hall–Kier alpha value is -3.23. The fraction of sp³-hybridized carbons (Fsp3) is 0.143. The minimum absolute atomic E-state index is 0.0464. The molecule has 0 saturated carbocycles. The zero-order valence-electron chi connectivity index (χ0n) is 12.1. The van der Waals surface area contributed by atoms with Gasteiger partial charge < -0.3 is 19.9 Å². The van der Waals surface area contributed by atoms with Crippen molar-refractivity contribution < 1.29 is 13.9 Å². The third kappa shape index (κ3) is 2.89. The first-order valence-electron chi connectivity index (χ1n) is 6.64. The summed E-state index contributed by atoms with van der Waals surface area (Å²) in [6.07, 6.45) is 1.76. The van der Waals surface area contributed by atoms with Gasteiger partial charge in [0, 0.05) is 7.05 Å². The van der Waals surface area contributed by atoms with Crippen LogP contribution in [0, 0.1) is 5.82 Å². The van der Waals surface area contributed by atoms with E-state index in [2.05, 4.69) is 20.3 Å². The van der Waals surface area contributed by atoms with Crippen molar-refractivity contribution in [2.45, 2.75) is 6.42 Å². The molecule has 9 heteroatoms. The minimum Gasteiger partial charge on any atom is -0.503 e. The summed E-state index contributed by atoms with van der Waals surface area (Å²) >= 11 is 0. The molecule has 3 aromatic rings. The number of hydrogen-bond donors (Lipinski definition) is 2. The van der Waals surface area contributed by atoms with Crippen molar-refractivity contribution in [3.63, 3.8) is 0 Å². The van der Waals surface area contributed by atoms with Gasteiger partial charge in [-0.3, -0.25) is 0 Å². The van der Waals surface area contributed by atoms with Crippen LogP contribution < -0.4 is 11.3 Å². The fourth-order valence-corrected chi connectivity index (χ4v) is 2.04. The van der Waals surface area contributed by atoms with Crippen LogP contribution in [-0.4, -0.2) is 24.9 Å².